The van der Waals surface area contributed by atoms with Gasteiger partial charge in [-0.3, -0.25) is 4.79 Å². The molecule has 0 aliphatic rings. The number of carbonyl (C=O) groups excluding carboxylic acids is 1. The first-order valence-corrected chi connectivity index (χ1v) is 11.5. The Hall–Kier alpha value is -4.38. The average molecular weight is 481 g/mol. The molecule has 4 rings (SSSR count). The van der Waals surface area contributed by atoms with Gasteiger partial charge < -0.3 is 19.2 Å². The van der Waals surface area contributed by atoms with E-state index < -0.39 is 15.9 Å². The summed E-state index contributed by atoms with van der Waals surface area (Å²) in [5.74, 6) is 1.29. The minimum absolute atomic E-state index is 0.00655. The van der Waals surface area contributed by atoms with Gasteiger partial charge in [-0.25, -0.2) is 23.1 Å². The van der Waals surface area contributed by atoms with Gasteiger partial charge in [0.1, 0.15) is 23.9 Å². The summed E-state index contributed by atoms with van der Waals surface area (Å²) in [6.45, 7) is 0.130. The lowest BCUT2D eigenvalue weighted by Crippen LogP contribution is -2.15. The van der Waals surface area contributed by atoms with Crippen LogP contribution in [0.15, 0.2) is 88.4 Å². The Kier molecular flexibility index (Phi) is 6.74. The number of hydrogen-bond acceptors (Lipinski definition) is 8. The summed E-state index contributed by atoms with van der Waals surface area (Å²) in [6, 6.07) is 17.5. The molecule has 0 spiro atoms. The van der Waals surface area contributed by atoms with E-state index in [1.165, 1.54) is 42.7 Å². The molecule has 34 heavy (non-hydrogen) atoms. The van der Waals surface area contributed by atoms with Crippen molar-refractivity contribution in [3.63, 3.8) is 0 Å². The smallest absolute Gasteiger partial charge is 0.291 e. The number of ether oxygens (including phenoxy) is 2. The Balaban J connectivity index is 1.35. The maximum Gasteiger partial charge on any atom is 0.291 e. The van der Waals surface area contributed by atoms with Gasteiger partial charge in [0, 0.05) is 24.1 Å². The lowest BCUT2D eigenvalue weighted by atomic mass is 10.3. The van der Waals surface area contributed by atoms with Crippen molar-refractivity contribution < 1.29 is 27.1 Å². The lowest BCUT2D eigenvalue weighted by molar-refractivity contribution is 0.0992. The lowest BCUT2D eigenvalue weighted by Gasteiger charge is -2.08. The van der Waals surface area contributed by atoms with E-state index in [4.69, 9.17) is 13.9 Å². The molecule has 0 unspecified atom stereocenters. The largest absolute Gasteiger partial charge is 0.497 e. The molecular formula is C23H20N4O6S. The normalized spacial score (nSPS) is 11.0. The highest BCUT2D eigenvalue weighted by atomic mass is 32.2. The standard InChI is InChI=1S/C23H20N4O6S/c1-31-17-4-2-5-18(14-17)32-15-19-8-11-21(33-19)22(28)26-16-6-9-20(10-7-16)34(29,30)27-23-24-12-3-13-25-23/h2-14H,15H2,1H3,(H,26,28)(H,24,25,27). The first kappa shape index (κ1) is 22.8. The second-order valence-corrected chi connectivity index (χ2v) is 8.57. The van der Waals surface area contributed by atoms with Crippen LogP contribution in [0, 0.1) is 0 Å². The molecule has 0 radical (unpaired) electrons. The van der Waals surface area contributed by atoms with Crippen molar-refractivity contribution in [1.29, 1.82) is 0 Å². The Bertz CT molecular complexity index is 1370. The van der Waals surface area contributed by atoms with Crippen molar-refractivity contribution in [3.05, 3.63) is 90.6 Å². The molecule has 0 fully saturated rings. The van der Waals surface area contributed by atoms with E-state index in [-0.39, 0.29) is 23.2 Å². The molecule has 0 atom stereocenters. The van der Waals surface area contributed by atoms with Gasteiger partial charge in [-0.05, 0) is 54.6 Å². The molecule has 2 aromatic carbocycles. The second-order valence-electron chi connectivity index (χ2n) is 6.89. The molecular weight excluding hydrogens is 460 g/mol. The molecule has 0 saturated heterocycles. The van der Waals surface area contributed by atoms with Gasteiger partial charge in [0.2, 0.25) is 5.95 Å². The minimum Gasteiger partial charge on any atom is -0.497 e. The molecule has 1 amide bonds. The number of furan rings is 1. The van der Waals surface area contributed by atoms with Gasteiger partial charge in [-0.2, -0.15) is 0 Å². The van der Waals surface area contributed by atoms with Crippen LogP contribution in [-0.2, 0) is 16.6 Å². The van der Waals surface area contributed by atoms with E-state index >= 15 is 0 Å². The van der Waals surface area contributed by atoms with Gasteiger partial charge in [-0.15, -0.1) is 0 Å². The maximum atomic E-state index is 12.5. The van der Waals surface area contributed by atoms with E-state index in [0.717, 1.165) is 0 Å². The number of hydrogen-bond donors (Lipinski definition) is 2. The number of nitrogens with zero attached hydrogens (tertiary/aromatic N) is 2. The zero-order valence-corrected chi connectivity index (χ0v) is 18.8. The number of carbonyl (C=O) groups is 1. The van der Waals surface area contributed by atoms with Gasteiger partial charge in [0.25, 0.3) is 15.9 Å². The van der Waals surface area contributed by atoms with Crippen molar-refractivity contribution in [2.45, 2.75) is 11.5 Å². The molecule has 4 aromatic rings. The third-order valence-electron chi connectivity index (χ3n) is 4.52. The highest BCUT2D eigenvalue weighted by Crippen LogP contribution is 2.21. The van der Waals surface area contributed by atoms with Crippen LogP contribution in [0.1, 0.15) is 16.3 Å². The highest BCUT2D eigenvalue weighted by molar-refractivity contribution is 7.92. The molecule has 0 saturated carbocycles. The maximum absolute atomic E-state index is 12.5. The van der Waals surface area contributed by atoms with Crippen molar-refractivity contribution in [2.75, 3.05) is 17.1 Å². The van der Waals surface area contributed by atoms with Crippen LogP contribution in [0.3, 0.4) is 0 Å². The van der Waals surface area contributed by atoms with Crippen LogP contribution in [0.5, 0.6) is 11.5 Å². The van der Waals surface area contributed by atoms with E-state index in [1.54, 1.807) is 43.5 Å². The van der Waals surface area contributed by atoms with Crippen LogP contribution in [-0.4, -0.2) is 31.4 Å². The second kappa shape index (κ2) is 10.0. The molecule has 0 aliphatic carbocycles. The van der Waals surface area contributed by atoms with E-state index in [2.05, 4.69) is 20.0 Å². The van der Waals surface area contributed by atoms with Crippen LogP contribution in [0.2, 0.25) is 0 Å². The average Bonchev–Trinajstić information content (AvgIpc) is 3.33. The molecule has 2 N–H and O–H groups in total. The van der Waals surface area contributed by atoms with Crippen LogP contribution < -0.4 is 19.5 Å². The number of sulfonamides is 1. The summed E-state index contributed by atoms with van der Waals surface area (Å²) in [4.78, 5) is 20.2. The van der Waals surface area contributed by atoms with Crippen molar-refractivity contribution in [3.8, 4) is 11.5 Å². The Morgan fingerprint density at radius 2 is 1.71 bits per heavy atom. The van der Waals surface area contributed by atoms with Gasteiger partial charge in [0.15, 0.2) is 5.76 Å². The fraction of sp³-hybridized carbons (Fsp3) is 0.0870. The summed E-state index contributed by atoms with van der Waals surface area (Å²) < 4.78 is 43.5. The number of methoxy groups -OCH3 is 1. The minimum atomic E-state index is -3.87. The predicted molar refractivity (Wildman–Crippen MR) is 123 cm³/mol. The molecule has 11 heteroatoms. The summed E-state index contributed by atoms with van der Waals surface area (Å²) in [5.41, 5.74) is 0.394. The van der Waals surface area contributed by atoms with Crippen molar-refractivity contribution >= 4 is 27.6 Å². The number of nitrogens with one attached hydrogen (secondary N) is 2. The van der Waals surface area contributed by atoms with E-state index in [9.17, 15) is 13.2 Å². The monoisotopic (exact) mass is 480 g/mol. The van der Waals surface area contributed by atoms with Gasteiger partial charge in [0.05, 0.1) is 12.0 Å². The highest BCUT2D eigenvalue weighted by Gasteiger charge is 2.16. The molecule has 10 nitrogen and oxygen atoms in total. The Morgan fingerprint density at radius 1 is 0.971 bits per heavy atom. The molecule has 2 aromatic heterocycles. The van der Waals surface area contributed by atoms with Crippen LogP contribution in [0.4, 0.5) is 11.6 Å². The summed E-state index contributed by atoms with van der Waals surface area (Å²) in [7, 11) is -2.30. The third kappa shape index (κ3) is 5.70. The van der Waals surface area contributed by atoms with Crippen LogP contribution >= 0.6 is 0 Å². The third-order valence-corrected chi connectivity index (χ3v) is 5.87. The van der Waals surface area contributed by atoms with E-state index in [0.29, 0.717) is 22.9 Å². The predicted octanol–water partition coefficient (Wildman–Crippen LogP) is 3.71. The Morgan fingerprint density at radius 3 is 2.44 bits per heavy atom. The summed E-state index contributed by atoms with van der Waals surface area (Å²) in [6.07, 6.45) is 2.85. The fourth-order valence-electron chi connectivity index (χ4n) is 2.86. The number of anilines is 2. The summed E-state index contributed by atoms with van der Waals surface area (Å²) >= 11 is 0. The zero-order valence-electron chi connectivity index (χ0n) is 18.0. The topological polar surface area (TPSA) is 133 Å². The zero-order chi connectivity index (χ0) is 24.0. The summed E-state index contributed by atoms with van der Waals surface area (Å²) in [5, 5.41) is 2.66. The van der Waals surface area contributed by atoms with Gasteiger partial charge >= 0.3 is 0 Å². The molecule has 174 valence electrons. The Labute approximate surface area is 195 Å². The van der Waals surface area contributed by atoms with Crippen molar-refractivity contribution in [2.24, 2.45) is 0 Å². The number of aromatic nitrogens is 2. The van der Waals surface area contributed by atoms with Crippen molar-refractivity contribution in [1.82, 2.24) is 9.97 Å². The molecule has 2 heterocycles. The van der Waals surface area contributed by atoms with Crippen LogP contribution in [0.25, 0.3) is 0 Å². The quantitative estimate of drug-likeness (QED) is 0.370. The fourth-order valence-corrected chi connectivity index (χ4v) is 3.82. The first-order chi connectivity index (χ1) is 16.4. The molecule has 0 aliphatic heterocycles. The first-order valence-electron chi connectivity index (χ1n) is 10.00. The SMILES string of the molecule is COc1cccc(OCc2ccc(C(=O)Nc3ccc(S(=O)(=O)Nc4ncccn4)cc3)o2)c1. The number of amides is 1. The van der Waals surface area contributed by atoms with E-state index in [1.807, 2.05) is 0 Å². The van der Waals surface area contributed by atoms with Gasteiger partial charge in [-0.1, -0.05) is 6.07 Å². The molecule has 0 bridgehead atoms. The number of rotatable bonds is 9. The number of benzene rings is 2.